The molecule has 100 valence electrons. The van der Waals surface area contributed by atoms with Gasteiger partial charge in [0, 0.05) is 12.3 Å². The summed E-state index contributed by atoms with van der Waals surface area (Å²) in [4.78, 5) is 15.7. The first-order chi connectivity index (χ1) is 8.63. The monoisotopic (exact) mass is 253 g/mol. The van der Waals surface area contributed by atoms with Crippen LogP contribution >= 0.6 is 0 Å². The Bertz CT molecular complexity index is 377. The Balaban J connectivity index is 2.81. The van der Waals surface area contributed by atoms with Gasteiger partial charge in [-0.25, -0.2) is 4.98 Å². The molecule has 0 fully saturated rings. The van der Waals surface area contributed by atoms with Crippen LogP contribution in [0, 0.1) is 5.92 Å². The summed E-state index contributed by atoms with van der Waals surface area (Å²) in [5.41, 5.74) is 0.579. The summed E-state index contributed by atoms with van der Waals surface area (Å²) < 4.78 is 9.88. The molecule has 18 heavy (non-hydrogen) atoms. The van der Waals surface area contributed by atoms with Gasteiger partial charge in [-0.2, -0.15) is 0 Å². The van der Waals surface area contributed by atoms with Crippen LogP contribution in [0.5, 0.6) is 5.88 Å². The first kappa shape index (κ1) is 14.4. The van der Waals surface area contributed by atoms with Gasteiger partial charge < -0.3 is 14.6 Å². The summed E-state index contributed by atoms with van der Waals surface area (Å²) in [7, 11) is 1.52. The molecule has 0 aliphatic carbocycles. The van der Waals surface area contributed by atoms with Crippen molar-refractivity contribution in [3.63, 3.8) is 0 Å². The van der Waals surface area contributed by atoms with Crippen molar-refractivity contribution in [1.82, 2.24) is 4.98 Å². The third-order valence-corrected chi connectivity index (χ3v) is 2.72. The zero-order chi connectivity index (χ0) is 13.5. The molecule has 0 radical (unpaired) electrons. The highest BCUT2D eigenvalue weighted by atomic mass is 16.5. The highest BCUT2D eigenvalue weighted by molar-refractivity contribution is 5.73. The zero-order valence-corrected chi connectivity index (χ0v) is 10.9. The van der Waals surface area contributed by atoms with E-state index in [1.807, 2.05) is 6.92 Å². The van der Waals surface area contributed by atoms with E-state index in [9.17, 15) is 9.90 Å². The smallest absolute Gasteiger partial charge is 0.311 e. The summed E-state index contributed by atoms with van der Waals surface area (Å²) in [6.07, 6.45) is 1.10. The van der Waals surface area contributed by atoms with E-state index in [2.05, 4.69) is 4.98 Å². The standard InChI is InChI=1S/C13H19NO4/c1-4-10(13(16)18-5-2)12(15)9-6-7-11(17-3)14-8-9/h6-8,10,12,15H,4-5H2,1-3H3. The van der Waals surface area contributed by atoms with Crippen LogP contribution in [0.2, 0.25) is 0 Å². The van der Waals surface area contributed by atoms with Crippen molar-refractivity contribution in [2.45, 2.75) is 26.4 Å². The average Bonchev–Trinajstić information content (AvgIpc) is 2.40. The van der Waals surface area contributed by atoms with Crippen molar-refractivity contribution in [2.24, 2.45) is 5.92 Å². The van der Waals surface area contributed by atoms with E-state index in [1.54, 1.807) is 19.1 Å². The second-order valence-corrected chi connectivity index (χ2v) is 3.85. The predicted octanol–water partition coefficient (Wildman–Crippen LogP) is 1.71. The zero-order valence-electron chi connectivity index (χ0n) is 10.9. The molecule has 5 nitrogen and oxygen atoms in total. The van der Waals surface area contributed by atoms with Gasteiger partial charge in [0.05, 0.1) is 25.7 Å². The van der Waals surface area contributed by atoms with Gasteiger partial charge in [0.25, 0.3) is 0 Å². The molecule has 0 aromatic carbocycles. The molecule has 2 unspecified atom stereocenters. The number of nitrogens with zero attached hydrogens (tertiary/aromatic N) is 1. The van der Waals surface area contributed by atoms with E-state index in [4.69, 9.17) is 9.47 Å². The van der Waals surface area contributed by atoms with Gasteiger partial charge in [0.2, 0.25) is 5.88 Å². The molecule has 1 N–H and O–H groups in total. The normalized spacial score (nSPS) is 13.8. The van der Waals surface area contributed by atoms with Crippen LogP contribution in [0.15, 0.2) is 18.3 Å². The van der Waals surface area contributed by atoms with Crippen LogP contribution < -0.4 is 4.74 Å². The van der Waals surface area contributed by atoms with Crippen LogP contribution in [0.25, 0.3) is 0 Å². The van der Waals surface area contributed by atoms with Gasteiger partial charge in [-0.1, -0.05) is 6.92 Å². The van der Waals surface area contributed by atoms with Gasteiger partial charge in [0.1, 0.15) is 0 Å². The number of esters is 1. The van der Waals surface area contributed by atoms with Crippen molar-refractivity contribution in [3.8, 4) is 5.88 Å². The van der Waals surface area contributed by atoms with Crippen molar-refractivity contribution in [3.05, 3.63) is 23.9 Å². The number of aliphatic hydroxyl groups is 1. The number of aromatic nitrogens is 1. The fourth-order valence-corrected chi connectivity index (χ4v) is 1.69. The maximum absolute atomic E-state index is 11.7. The van der Waals surface area contributed by atoms with Crippen molar-refractivity contribution < 1.29 is 19.4 Å². The molecule has 1 rings (SSSR count). The van der Waals surface area contributed by atoms with E-state index in [-0.39, 0.29) is 5.97 Å². The van der Waals surface area contributed by atoms with Gasteiger partial charge in [0.15, 0.2) is 0 Å². The first-order valence-corrected chi connectivity index (χ1v) is 5.98. The molecule has 0 amide bonds. The second-order valence-electron chi connectivity index (χ2n) is 3.85. The third kappa shape index (κ3) is 3.43. The summed E-state index contributed by atoms with van der Waals surface area (Å²) in [5, 5.41) is 10.2. The maximum atomic E-state index is 11.7. The Morgan fingerprint density at radius 2 is 2.17 bits per heavy atom. The highest BCUT2D eigenvalue weighted by Gasteiger charge is 2.27. The van der Waals surface area contributed by atoms with E-state index in [0.717, 1.165) is 0 Å². The second kappa shape index (κ2) is 6.96. The predicted molar refractivity (Wildman–Crippen MR) is 66.2 cm³/mol. The molecule has 0 aliphatic rings. The van der Waals surface area contributed by atoms with E-state index < -0.39 is 12.0 Å². The van der Waals surface area contributed by atoms with Crippen LogP contribution in [0.4, 0.5) is 0 Å². The number of hydrogen-bond acceptors (Lipinski definition) is 5. The summed E-state index contributed by atoms with van der Waals surface area (Å²) in [5.74, 6) is -0.487. The molecule has 0 spiro atoms. The quantitative estimate of drug-likeness (QED) is 0.782. The lowest BCUT2D eigenvalue weighted by molar-refractivity contribution is -0.152. The lowest BCUT2D eigenvalue weighted by atomic mass is 9.94. The summed E-state index contributed by atoms with van der Waals surface area (Å²) in [6, 6.07) is 3.34. The fourth-order valence-electron chi connectivity index (χ4n) is 1.69. The van der Waals surface area contributed by atoms with Crippen LogP contribution in [-0.2, 0) is 9.53 Å². The molecule has 1 heterocycles. The summed E-state index contributed by atoms with van der Waals surface area (Å²) >= 11 is 0. The fraction of sp³-hybridized carbons (Fsp3) is 0.538. The molecule has 2 atom stereocenters. The van der Waals surface area contributed by atoms with Crippen LogP contribution in [0.3, 0.4) is 0 Å². The summed E-state index contributed by atoms with van der Waals surface area (Å²) in [6.45, 7) is 3.89. The van der Waals surface area contributed by atoms with Crippen LogP contribution in [-0.4, -0.2) is 29.8 Å². The highest BCUT2D eigenvalue weighted by Crippen LogP contribution is 2.26. The van der Waals surface area contributed by atoms with E-state index >= 15 is 0 Å². The molecule has 0 bridgehead atoms. The Labute approximate surface area is 107 Å². The van der Waals surface area contributed by atoms with Crippen molar-refractivity contribution in [1.29, 1.82) is 0 Å². The van der Waals surface area contributed by atoms with Gasteiger partial charge >= 0.3 is 5.97 Å². The third-order valence-electron chi connectivity index (χ3n) is 2.72. The molecular weight excluding hydrogens is 234 g/mol. The van der Waals surface area contributed by atoms with Crippen molar-refractivity contribution >= 4 is 5.97 Å². The van der Waals surface area contributed by atoms with E-state index in [1.165, 1.54) is 13.3 Å². The SMILES string of the molecule is CCOC(=O)C(CC)C(O)c1ccc(OC)nc1. The Morgan fingerprint density at radius 3 is 2.61 bits per heavy atom. The van der Waals surface area contributed by atoms with Gasteiger partial charge in [-0.15, -0.1) is 0 Å². The number of methoxy groups -OCH3 is 1. The Hall–Kier alpha value is -1.62. The number of rotatable bonds is 6. The average molecular weight is 253 g/mol. The molecule has 0 saturated heterocycles. The van der Waals surface area contributed by atoms with Gasteiger partial charge in [-0.3, -0.25) is 4.79 Å². The Kier molecular flexibility index (Phi) is 5.58. The minimum atomic E-state index is -0.910. The maximum Gasteiger partial charge on any atom is 0.311 e. The number of ether oxygens (including phenoxy) is 2. The van der Waals surface area contributed by atoms with Crippen molar-refractivity contribution in [2.75, 3.05) is 13.7 Å². The first-order valence-electron chi connectivity index (χ1n) is 5.98. The number of carbonyl (C=O) groups is 1. The topological polar surface area (TPSA) is 68.7 Å². The molecule has 1 aromatic heterocycles. The lowest BCUT2D eigenvalue weighted by Crippen LogP contribution is -2.24. The number of hydrogen-bond donors (Lipinski definition) is 1. The molecular formula is C13H19NO4. The molecule has 5 heteroatoms. The lowest BCUT2D eigenvalue weighted by Gasteiger charge is -2.20. The largest absolute Gasteiger partial charge is 0.481 e. The Morgan fingerprint density at radius 1 is 1.44 bits per heavy atom. The van der Waals surface area contributed by atoms with E-state index in [0.29, 0.717) is 24.5 Å². The van der Waals surface area contributed by atoms with Gasteiger partial charge in [-0.05, 0) is 25.0 Å². The number of pyridine rings is 1. The number of carbonyl (C=O) groups excluding carboxylic acids is 1. The molecule has 0 aliphatic heterocycles. The molecule has 1 aromatic rings. The minimum Gasteiger partial charge on any atom is -0.481 e. The van der Waals surface area contributed by atoms with Crippen LogP contribution in [0.1, 0.15) is 31.9 Å². The number of aliphatic hydroxyl groups excluding tert-OH is 1. The minimum absolute atomic E-state index is 0.308. The molecule has 0 saturated carbocycles.